The smallest absolute Gasteiger partial charge is 0.241 e. The van der Waals surface area contributed by atoms with E-state index in [1.165, 1.54) is 12.1 Å². The zero-order valence-corrected chi connectivity index (χ0v) is 14.3. The molecule has 1 aromatic heterocycles. The maximum absolute atomic E-state index is 12.6. The van der Waals surface area contributed by atoms with E-state index in [1.807, 2.05) is 10.6 Å². The molecule has 1 aromatic carbocycles. The van der Waals surface area contributed by atoms with Gasteiger partial charge in [-0.15, -0.1) is 10.2 Å². The number of fused-ring (bicyclic) bond motifs is 1. The molecule has 0 saturated heterocycles. The van der Waals surface area contributed by atoms with E-state index in [1.54, 1.807) is 19.1 Å². The second kappa shape index (κ2) is 6.71. The van der Waals surface area contributed by atoms with E-state index >= 15 is 0 Å². The Hall–Kier alpha value is -2.24. The Balaban J connectivity index is 1.85. The summed E-state index contributed by atoms with van der Waals surface area (Å²) in [7, 11) is -3.74. The van der Waals surface area contributed by atoms with Crippen molar-refractivity contribution in [2.24, 2.45) is 0 Å². The Morgan fingerprint density at radius 1 is 1.29 bits per heavy atom. The number of nitrogens with zero attached hydrogens (tertiary/aromatic N) is 4. The minimum atomic E-state index is -3.74. The first-order valence-electron chi connectivity index (χ1n) is 7.96. The predicted molar refractivity (Wildman–Crippen MR) is 87.5 cm³/mol. The first-order valence-corrected chi connectivity index (χ1v) is 9.44. The van der Waals surface area contributed by atoms with Gasteiger partial charge in [-0.05, 0) is 38.0 Å². The lowest BCUT2D eigenvalue weighted by atomic mass is 10.2. The van der Waals surface area contributed by atoms with Crippen molar-refractivity contribution in [3.05, 3.63) is 41.5 Å². The number of nitriles is 1. The van der Waals surface area contributed by atoms with Gasteiger partial charge in [0.15, 0.2) is 5.82 Å². The molecule has 0 bridgehead atoms. The van der Waals surface area contributed by atoms with Gasteiger partial charge in [0, 0.05) is 13.0 Å². The first kappa shape index (κ1) is 16.6. The molecule has 1 N–H and O–H groups in total. The summed E-state index contributed by atoms with van der Waals surface area (Å²) in [5.74, 6) is 1.55. The van der Waals surface area contributed by atoms with Crippen LogP contribution in [-0.2, 0) is 23.0 Å². The Morgan fingerprint density at radius 2 is 2.12 bits per heavy atom. The molecule has 2 heterocycles. The van der Waals surface area contributed by atoms with Gasteiger partial charge < -0.3 is 4.57 Å². The highest BCUT2D eigenvalue weighted by molar-refractivity contribution is 7.89. The standard InChI is InChI=1S/C16H19N5O2S/c1-12(16-19-18-15-8-3-2-4-9-21(15)16)20-24(22,23)14-7-5-6-13(10-14)11-17/h5-7,10,12,20H,2-4,8-9H2,1H3/t12-/m1/s1. The van der Waals surface area contributed by atoms with E-state index in [2.05, 4.69) is 14.9 Å². The fourth-order valence-corrected chi connectivity index (χ4v) is 4.16. The van der Waals surface area contributed by atoms with Gasteiger partial charge in [0.1, 0.15) is 5.82 Å². The van der Waals surface area contributed by atoms with Crippen molar-refractivity contribution < 1.29 is 8.42 Å². The third-order valence-electron chi connectivity index (χ3n) is 4.13. The summed E-state index contributed by atoms with van der Waals surface area (Å²) in [6.07, 6.45) is 4.14. The summed E-state index contributed by atoms with van der Waals surface area (Å²) in [5.41, 5.74) is 0.307. The molecular weight excluding hydrogens is 326 g/mol. The van der Waals surface area contributed by atoms with Crippen LogP contribution in [0, 0.1) is 11.3 Å². The molecule has 1 aliphatic heterocycles. The highest BCUT2D eigenvalue weighted by atomic mass is 32.2. The van der Waals surface area contributed by atoms with E-state index in [0.717, 1.165) is 38.1 Å². The van der Waals surface area contributed by atoms with E-state index in [9.17, 15) is 8.42 Å². The van der Waals surface area contributed by atoms with Crippen LogP contribution >= 0.6 is 0 Å². The maximum Gasteiger partial charge on any atom is 0.241 e. The number of sulfonamides is 1. The Labute approximate surface area is 141 Å². The number of nitrogens with one attached hydrogen (secondary N) is 1. The van der Waals surface area contributed by atoms with Crippen molar-refractivity contribution in [3.8, 4) is 6.07 Å². The zero-order chi connectivity index (χ0) is 17.2. The van der Waals surface area contributed by atoms with Gasteiger partial charge in [0.05, 0.1) is 22.6 Å². The number of benzene rings is 1. The number of aryl methyl sites for hydroxylation is 1. The van der Waals surface area contributed by atoms with E-state index in [4.69, 9.17) is 5.26 Å². The van der Waals surface area contributed by atoms with Crippen LogP contribution in [0.2, 0.25) is 0 Å². The second-order valence-corrected chi connectivity index (χ2v) is 7.63. The van der Waals surface area contributed by atoms with Crippen molar-refractivity contribution in [1.29, 1.82) is 5.26 Å². The minimum Gasteiger partial charge on any atom is -0.314 e. The molecule has 24 heavy (non-hydrogen) atoms. The summed E-state index contributed by atoms with van der Waals surface area (Å²) in [6.45, 7) is 2.57. The first-order chi connectivity index (χ1) is 11.5. The van der Waals surface area contributed by atoms with Crippen LogP contribution in [-0.4, -0.2) is 23.2 Å². The molecule has 1 aliphatic rings. The lowest BCUT2D eigenvalue weighted by Gasteiger charge is -2.15. The lowest BCUT2D eigenvalue weighted by molar-refractivity contribution is 0.534. The normalized spacial score (nSPS) is 16.0. The monoisotopic (exact) mass is 345 g/mol. The van der Waals surface area contributed by atoms with Gasteiger partial charge in [-0.3, -0.25) is 0 Å². The van der Waals surface area contributed by atoms with Crippen molar-refractivity contribution in [2.75, 3.05) is 0 Å². The largest absolute Gasteiger partial charge is 0.314 e. The Kier molecular flexibility index (Phi) is 4.64. The topological polar surface area (TPSA) is 101 Å². The maximum atomic E-state index is 12.6. The average molecular weight is 345 g/mol. The fraction of sp³-hybridized carbons (Fsp3) is 0.438. The minimum absolute atomic E-state index is 0.0732. The average Bonchev–Trinajstić information content (AvgIpc) is 2.83. The van der Waals surface area contributed by atoms with Crippen LogP contribution in [0.25, 0.3) is 0 Å². The lowest BCUT2D eigenvalue weighted by Crippen LogP contribution is -2.29. The molecular formula is C16H19N5O2S. The molecule has 3 rings (SSSR count). The molecule has 8 heteroatoms. The highest BCUT2D eigenvalue weighted by Gasteiger charge is 2.24. The van der Waals surface area contributed by atoms with Crippen LogP contribution in [0.3, 0.4) is 0 Å². The zero-order valence-electron chi connectivity index (χ0n) is 13.4. The third-order valence-corrected chi connectivity index (χ3v) is 5.67. The molecule has 126 valence electrons. The summed E-state index contributed by atoms with van der Waals surface area (Å²) < 4.78 is 29.8. The van der Waals surface area contributed by atoms with Crippen LogP contribution in [0.5, 0.6) is 0 Å². The highest BCUT2D eigenvalue weighted by Crippen LogP contribution is 2.20. The number of hydrogen-bond acceptors (Lipinski definition) is 5. The summed E-state index contributed by atoms with van der Waals surface area (Å²) in [5, 5.41) is 17.3. The Morgan fingerprint density at radius 3 is 2.92 bits per heavy atom. The van der Waals surface area contributed by atoms with Gasteiger partial charge in [0.2, 0.25) is 10.0 Å². The Bertz CT molecular complexity index is 882. The fourth-order valence-electron chi connectivity index (χ4n) is 2.91. The van der Waals surface area contributed by atoms with E-state index in [-0.39, 0.29) is 4.90 Å². The SMILES string of the molecule is C[C@@H](NS(=O)(=O)c1cccc(C#N)c1)c1nnc2n1CCCCC2. The van der Waals surface area contributed by atoms with Gasteiger partial charge in [0.25, 0.3) is 0 Å². The van der Waals surface area contributed by atoms with Gasteiger partial charge >= 0.3 is 0 Å². The molecule has 2 aromatic rings. The van der Waals surface area contributed by atoms with Crippen molar-refractivity contribution >= 4 is 10.0 Å². The molecule has 0 fully saturated rings. The van der Waals surface area contributed by atoms with Gasteiger partial charge in [-0.25, -0.2) is 13.1 Å². The van der Waals surface area contributed by atoms with Crippen molar-refractivity contribution in [1.82, 2.24) is 19.5 Å². The van der Waals surface area contributed by atoms with Crippen LogP contribution in [0.15, 0.2) is 29.2 Å². The molecule has 0 saturated carbocycles. The van der Waals surface area contributed by atoms with Crippen LogP contribution in [0.1, 0.15) is 49.4 Å². The number of aromatic nitrogens is 3. The molecule has 0 spiro atoms. The predicted octanol–water partition coefficient (Wildman–Crippen LogP) is 1.92. The molecule has 0 amide bonds. The van der Waals surface area contributed by atoms with Gasteiger partial charge in [-0.1, -0.05) is 12.5 Å². The van der Waals surface area contributed by atoms with E-state index < -0.39 is 16.1 Å². The van der Waals surface area contributed by atoms with E-state index in [0.29, 0.717) is 11.4 Å². The van der Waals surface area contributed by atoms with Crippen molar-refractivity contribution in [2.45, 2.75) is 50.1 Å². The second-order valence-electron chi connectivity index (χ2n) is 5.92. The molecule has 0 radical (unpaired) electrons. The molecule has 1 atom stereocenters. The molecule has 0 aliphatic carbocycles. The molecule has 0 unspecified atom stereocenters. The van der Waals surface area contributed by atoms with Crippen LogP contribution < -0.4 is 4.72 Å². The van der Waals surface area contributed by atoms with Crippen molar-refractivity contribution in [3.63, 3.8) is 0 Å². The quantitative estimate of drug-likeness (QED) is 0.912. The summed E-state index contributed by atoms with van der Waals surface area (Å²) in [6, 6.07) is 7.41. The third kappa shape index (κ3) is 3.32. The summed E-state index contributed by atoms with van der Waals surface area (Å²) >= 11 is 0. The number of hydrogen-bond donors (Lipinski definition) is 1. The summed E-state index contributed by atoms with van der Waals surface area (Å²) in [4.78, 5) is 0.0732. The number of rotatable bonds is 4. The van der Waals surface area contributed by atoms with Gasteiger partial charge in [-0.2, -0.15) is 5.26 Å². The van der Waals surface area contributed by atoms with Crippen LogP contribution in [0.4, 0.5) is 0 Å². The molecule has 7 nitrogen and oxygen atoms in total.